The van der Waals surface area contributed by atoms with Crippen LogP contribution in [0.4, 0.5) is 14.5 Å². The highest BCUT2D eigenvalue weighted by molar-refractivity contribution is 5.78. The predicted molar refractivity (Wildman–Crippen MR) is 150 cm³/mol. The molecule has 0 N–H and O–H groups in total. The number of carbonyl (C=O) groups excluding carboxylic acids is 1. The Labute approximate surface area is 234 Å². The van der Waals surface area contributed by atoms with Gasteiger partial charge in [-0.05, 0) is 70.5 Å². The number of hydrogen-bond acceptors (Lipinski definition) is 7. The van der Waals surface area contributed by atoms with E-state index in [1.54, 1.807) is 6.07 Å². The van der Waals surface area contributed by atoms with Gasteiger partial charge in [-0.3, -0.25) is 9.78 Å². The minimum absolute atomic E-state index is 0.0492. The Morgan fingerprint density at radius 3 is 2.52 bits per heavy atom. The molecule has 212 valence electrons. The van der Waals surface area contributed by atoms with Crippen LogP contribution in [0.15, 0.2) is 36.7 Å². The fourth-order valence-electron chi connectivity index (χ4n) is 5.44. The summed E-state index contributed by atoms with van der Waals surface area (Å²) in [6.07, 6.45) is 5.13. The maximum Gasteiger partial charge on any atom is 0.236 e. The van der Waals surface area contributed by atoms with Crippen LogP contribution in [0.3, 0.4) is 0 Å². The topological polar surface area (TPSA) is 74.7 Å². The van der Waals surface area contributed by atoms with E-state index in [4.69, 9.17) is 4.74 Å². The second kappa shape index (κ2) is 11.8. The van der Waals surface area contributed by atoms with Crippen LogP contribution in [-0.4, -0.2) is 83.6 Å². The first-order valence-electron chi connectivity index (χ1n) is 13.8. The van der Waals surface area contributed by atoms with E-state index in [1.807, 2.05) is 54.9 Å². The van der Waals surface area contributed by atoms with Gasteiger partial charge in [0.2, 0.25) is 5.91 Å². The molecule has 0 bridgehead atoms. The molecule has 1 saturated heterocycles. The summed E-state index contributed by atoms with van der Waals surface area (Å²) in [5.74, 6) is -0.0450. The summed E-state index contributed by atoms with van der Waals surface area (Å²) in [4.78, 5) is 31.5. The highest BCUT2D eigenvalue weighted by Gasteiger charge is 2.26. The van der Waals surface area contributed by atoms with Gasteiger partial charge in [0.15, 0.2) is 17.4 Å². The molecule has 5 rings (SSSR count). The van der Waals surface area contributed by atoms with Gasteiger partial charge in [0, 0.05) is 36.6 Å². The van der Waals surface area contributed by atoms with E-state index in [2.05, 4.69) is 21.0 Å². The molecule has 1 aromatic carbocycles. The van der Waals surface area contributed by atoms with Gasteiger partial charge in [-0.15, -0.1) is 0 Å². The molecule has 4 heterocycles. The number of benzene rings is 1. The first kappa shape index (κ1) is 27.9. The average Bonchev–Trinajstić information content (AvgIpc) is 2.94. The third kappa shape index (κ3) is 6.06. The second-order valence-corrected chi connectivity index (χ2v) is 11.1. The maximum atomic E-state index is 15.0. The lowest BCUT2D eigenvalue weighted by molar-refractivity contribution is -0.132. The van der Waals surface area contributed by atoms with E-state index in [1.165, 1.54) is 6.07 Å². The number of fused-ring (bicyclic) bond motifs is 1. The number of halogens is 2. The fourth-order valence-corrected chi connectivity index (χ4v) is 5.44. The molecule has 2 aromatic heterocycles. The number of anilines is 1. The summed E-state index contributed by atoms with van der Waals surface area (Å²) in [5, 5.41) is 0. The molecule has 0 aliphatic carbocycles. The smallest absolute Gasteiger partial charge is 0.236 e. The molecule has 1 amide bonds. The highest BCUT2D eigenvalue weighted by Crippen LogP contribution is 2.39. The molecule has 8 nitrogen and oxygen atoms in total. The van der Waals surface area contributed by atoms with Crippen molar-refractivity contribution in [1.82, 2.24) is 24.8 Å². The molecule has 10 heteroatoms. The second-order valence-electron chi connectivity index (χ2n) is 11.1. The van der Waals surface area contributed by atoms with Crippen LogP contribution >= 0.6 is 0 Å². The highest BCUT2D eigenvalue weighted by atomic mass is 19.1. The number of carbonyl (C=O) groups is 1. The van der Waals surface area contributed by atoms with E-state index < -0.39 is 11.6 Å². The van der Waals surface area contributed by atoms with Crippen molar-refractivity contribution in [2.24, 2.45) is 0 Å². The molecule has 0 atom stereocenters. The van der Waals surface area contributed by atoms with Crippen molar-refractivity contribution in [3.63, 3.8) is 0 Å². The molecule has 3 aromatic rings. The molecule has 0 unspecified atom stereocenters. The van der Waals surface area contributed by atoms with Crippen LogP contribution in [-0.2, 0) is 11.2 Å². The van der Waals surface area contributed by atoms with Crippen LogP contribution in [0.25, 0.3) is 11.3 Å². The van der Waals surface area contributed by atoms with E-state index in [0.717, 1.165) is 43.4 Å². The molecule has 0 saturated carbocycles. The monoisotopic (exact) mass is 550 g/mol. The number of ether oxygens (including phenoxy) is 1. The number of nitrogens with zero attached hydrogens (tertiary/aromatic N) is 6. The van der Waals surface area contributed by atoms with Crippen molar-refractivity contribution >= 4 is 11.6 Å². The summed E-state index contributed by atoms with van der Waals surface area (Å²) in [6, 6.07) is 7.15. The molecular formula is C30H36F2N6O2. The van der Waals surface area contributed by atoms with Crippen molar-refractivity contribution in [3.05, 3.63) is 65.4 Å². The summed E-state index contributed by atoms with van der Waals surface area (Å²) >= 11 is 0. The number of aromatic nitrogens is 3. The lowest BCUT2D eigenvalue weighted by Crippen LogP contribution is -2.42. The first-order chi connectivity index (χ1) is 19.2. The lowest BCUT2D eigenvalue weighted by Gasteiger charge is -2.34. The van der Waals surface area contributed by atoms with Gasteiger partial charge in [0.25, 0.3) is 0 Å². The Balaban J connectivity index is 1.29. The molecule has 2 aliphatic rings. The van der Waals surface area contributed by atoms with Crippen molar-refractivity contribution < 1.29 is 18.3 Å². The van der Waals surface area contributed by atoms with Gasteiger partial charge < -0.3 is 19.4 Å². The van der Waals surface area contributed by atoms with Gasteiger partial charge in [0.05, 0.1) is 31.4 Å². The van der Waals surface area contributed by atoms with E-state index in [9.17, 15) is 13.6 Å². The van der Waals surface area contributed by atoms with Gasteiger partial charge in [-0.25, -0.2) is 18.7 Å². The van der Waals surface area contributed by atoms with Crippen molar-refractivity contribution in [1.29, 1.82) is 0 Å². The van der Waals surface area contributed by atoms with Crippen molar-refractivity contribution in [2.75, 3.05) is 51.8 Å². The van der Waals surface area contributed by atoms with Crippen LogP contribution in [0.5, 0.6) is 5.75 Å². The quantitative estimate of drug-likeness (QED) is 0.435. The van der Waals surface area contributed by atoms with E-state index in [-0.39, 0.29) is 23.4 Å². The predicted octanol–water partition coefficient (Wildman–Crippen LogP) is 4.28. The number of hydrogen-bond donors (Lipinski definition) is 0. The van der Waals surface area contributed by atoms with Crippen LogP contribution in [0.2, 0.25) is 0 Å². The Kier molecular flexibility index (Phi) is 8.25. The molecule has 40 heavy (non-hydrogen) atoms. The molecule has 0 spiro atoms. The zero-order valence-corrected chi connectivity index (χ0v) is 23.5. The number of piperidine rings is 1. The standard InChI is InChI=1S/C30H36F2N6O2/c1-19(2)38-11-12-40-30-24(31)13-22(14-26(30)38)29-25(32)17-34-27(35-29)15-23-6-5-21(16-33-23)20-7-9-37(10-8-20)28(39)18-36(3)4/h5-6,13-14,16-17,19-20H,7-12,15,18H2,1-4H3. The Bertz CT molecular complexity index is 1360. The largest absolute Gasteiger partial charge is 0.486 e. The van der Waals surface area contributed by atoms with Crippen molar-refractivity contribution in [2.45, 2.75) is 45.1 Å². The first-order valence-corrected chi connectivity index (χ1v) is 13.8. The van der Waals surface area contributed by atoms with Gasteiger partial charge in [0.1, 0.15) is 18.1 Å². The average molecular weight is 551 g/mol. The van der Waals surface area contributed by atoms with Gasteiger partial charge in [-0.2, -0.15) is 0 Å². The molecular weight excluding hydrogens is 514 g/mol. The Hall–Kier alpha value is -3.66. The van der Waals surface area contributed by atoms with Crippen LogP contribution < -0.4 is 9.64 Å². The molecule has 0 radical (unpaired) electrons. The minimum atomic E-state index is -0.616. The summed E-state index contributed by atoms with van der Waals surface area (Å²) in [6.45, 7) is 7.00. The zero-order valence-electron chi connectivity index (χ0n) is 23.5. The third-order valence-corrected chi connectivity index (χ3v) is 7.56. The Morgan fingerprint density at radius 2 is 1.85 bits per heavy atom. The fraction of sp³-hybridized carbons (Fsp3) is 0.467. The molecule has 2 aliphatic heterocycles. The minimum Gasteiger partial charge on any atom is -0.486 e. The normalized spacial score (nSPS) is 15.9. The van der Waals surface area contributed by atoms with Crippen LogP contribution in [0, 0.1) is 11.6 Å². The number of rotatable bonds is 7. The number of amides is 1. The summed E-state index contributed by atoms with van der Waals surface area (Å²) < 4.78 is 35.4. The third-order valence-electron chi connectivity index (χ3n) is 7.56. The van der Waals surface area contributed by atoms with E-state index >= 15 is 0 Å². The number of pyridine rings is 1. The van der Waals surface area contributed by atoms with Crippen LogP contribution in [0.1, 0.15) is 49.7 Å². The zero-order chi connectivity index (χ0) is 28.4. The maximum absolute atomic E-state index is 15.0. The van der Waals surface area contributed by atoms with Gasteiger partial charge >= 0.3 is 0 Å². The SMILES string of the molecule is CC(C)N1CCOc2c(F)cc(-c3nc(Cc4ccc(C5CCN(C(=O)CN(C)C)CC5)cn4)ncc3F)cc21. The number of likely N-dealkylation sites (N-methyl/N-ethyl adjacent to an activating group) is 1. The summed E-state index contributed by atoms with van der Waals surface area (Å²) in [5.41, 5.74) is 2.89. The van der Waals surface area contributed by atoms with Crippen molar-refractivity contribution in [3.8, 4) is 17.0 Å². The Morgan fingerprint density at radius 1 is 1.07 bits per heavy atom. The number of likely N-dealkylation sites (tertiary alicyclic amines) is 1. The molecule has 1 fully saturated rings. The van der Waals surface area contributed by atoms with E-state index in [0.29, 0.717) is 49.1 Å². The summed E-state index contributed by atoms with van der Waals surface area (Å²) in [7, 11) is 3.80. The van der Waals surface area contributed by atoms with Gasteiger partial charge in [-0.1, -0.05) is 6.07 Å². The lowest BCUT2D eigenvalue weighted by atomic mass is 9.90.